The summed E-state index contributed by atoms with van der Waals surface area (Å²) in [6.45, 7) is 4.57. The molecule has 1 unspecified atom stereocenters. The largest absolute Gasteiger partial charge is 0.493 e. The molecule has 1 atom stereocenters. The number of halogens is 1. The maximum Gasteiger partial charge on any atom is 0.258 e. The van der Waals surface area contributed by atoms with Gasteiger partial charge in [0.05, 0.1) is 7.11 Å². The zero-order chi connectivity index (χ0) is 18.2. The van der Waals surface area contributed by atoms with E-state index in [2.05, 4.69) is 31.3 Å². The first-order valence-corrected chi connectivity index (χ1v) is 8.39. The predicted molar refractivity (Wildman–Crippen MR) is 106 cm³/mol. The molecule has 2 aromatic rings. The van der Waals surface area contributed by atoms with E-state index in [1.54, 1.807) is 19.2 Å². The number of methoxy groups -OCH3 is 1. The first-order chi connectivity index (χ1) is 12.0. The fraction of sp³-hybridized carbons (Fsp3) is 0.350. The number of carbonyl (C=O) groups excluding carboxylic acids is 1. The van der Waals surface area contributed by atoms with E-state index in [-0.39, 0.29) is 31.0 Å². The van der Waals surface area contributed by atoms with Gasteiger partial charge >= 0.3 is 0 Å². The van der Waals surface area contributed by atoms with Crippen molar-refractivity contribution in [2.75, 3.05) is 20.3 Å². The number of amides is 1. The van der Waals surface area contributed by atoms with Crippen molar-refractivity contribution in [1.82, 2.24) is 5.32 Å². The van der Waals surface area contributed by atoms with Gasteiger partial charge in [-0.1, -0.05) is 50.2 Å². The lowest BCUT2D eigenvalue weighted by atomic mass is 9.99. The molecule has 0 saturated heterocycles. The Labute approximate surface area is 161 Å². The zero-order valence-corrected chi connectivity index (χ0v) is 16.2. The molecular formula is C20H27ClN2O3. The standard InChI is InChI=1S/C20H26N2O3.ClH/c1-14(2)15-8-10-16(11-9-15)17(21)12-22-20(23)13-25-19-7-5-4-6-18(19)24-3;/h4-11,14,17H,12-13,21H2,1-3H3,(H,22,23);1H. The molecule has 142 valence electrons. The summed E-state index contributed by atoms with van der Waals surface area (Å²) in [4.78, 5) is 12.0. The highest BCUT2D eigenvalue weighted by Gasteiger charge is 2.10. The monoisotopic (exact) mass is 378 g/mol. The second-order valence-electron chi connectivity index (χ2n) is 6.17. The number of nitrogens with one attached hydrogen (secondary N) is 1. The van der Waals surface area contributed by atoms with Gasteiger partial charge in [-0.25, -0.2) is 0 Å². The first kappa shape index (κ1) is 21.8. The van der Waals surface area contributed by atoms with Crippen LogP contribution in [0.2, 0.25) is 0 Å². The summed E-state index contributed by atoms with van der Waals surface area (Å²) in [5.41, 5.74) is 8.41. The van der Waals surface area contributed by atoms with Crippen molar-refractivity contribution in [2.24, 2.45) is 5.73 Å². The van der Waals surface area contributed by atoms with Crippen LogP contribution in [0, 0.1) is 0 Å². The van der Waals surface area contributed by atoms with Crippen molar-refractivity contribution in [3.8, 4) is 11.5 Å². The smallest absolute Gasteiger partial charge is 0.258 e. The molecule has 0 aliphatic rings. The molecule has 0 aromatic heterocycles. The lowest BCUT2D eigenvalue weighted by Gasteiger charge is -2.15. The highest BCUT2D eigenvalue weighted by molar-refractivity contribution is 5.85. The normalized spacial score (nSPS) is 11.4. The van der Waals surface area contributed by atoms with Crippen LogP contribution in [0.4, 0.5) is 0 Å². The van der Waals surface area contributed by atoms with E-state index in [1.165, 1.54) is 5.56 Å². The van der Waals surface area contributed by atoms with Crippen molar-refractivity contribution in [1.29, 1.82) is 0 Å². The number of hydrogen-bond acceptors (Lipinski definition) is 4. The first-order valence-electron chi connectivity index (χ1n) is 8.39. The van der Waals surface area contributed by atoms with E-state index < -0.39 is 0 Å². The van der Waals surface area contributed by atoms with Gasteiger partial charge in [0.25, 0.3) is 5.91 Å². The Balaban J connectivity index is 0.00000338. The maximum atomic E-state index is 12.0. The van der Waals surface area contributed by atoms with Gasteiger partial charge in [-0.3, -0.25) is 4.79 Å². The summed E-state index contributed by atoms with van der Waals surface area (Å²) in [5.74, 6) is 1.39. The Kier molecular flexibility index (Phi) is 8.96. The Hall–Kier alpha value is -2.24. The number of ether oxygens (including phenoxy) is 2. The van der Waals surface area contributed by atoms with Crippen LogP contribution in [0.5, 0.6) is 11.5 Å². The topological polar surface area (TPSA) is 73.6 Å². The number of hydrogen-bond donors (Lipinski definition) is 2. The van der Waals surface area contributed by atoms with Gasteiger partial charge in [-0.2, -0.15) is 0 Å². The van der Waals surface area contributed by atoms with E-state index in [9.17, 15) is 4.79 Å². The molecule has 6 heteroatoms. The number of carbonyl (C=O) groups is 1. The quantitative estimate of drug-likeness (QED) is 0.738. The van der Waals surface area contributed by atoms with Gasteiger partial charge in [-0.15, -0.1) is 12.4 Å². The third-order valence-electron chi connectivity index (χ3n) is 3.98. The van der Waals surface area contributed by atoms with Crippen LogP contribution in [0.3, 0.4) is 0 Å². The summed E-state index contributed by atoms with van der Waals surface area (Å²) < 4.78 is 10.7. The van der Waals surface area contributed by atoms with Crippen molar-refractivity contribution >= 4 is 18.3 Å². The van der Waals surface area contributed by atoms with Gasteiger partial charge in [0.1, 0.15) is 0 Å². The SMILES string of the molecule is COc1ccccc1OCC(=O)NCC(N)c1ccc(C(C)C)cc1.Cl. The second-order valence-corrected chi connectivity index (χ2v) is 6.17. The van der Waals surface area contributed by atoms with Crippen molar-refractivity contribution < 1.29 is 14.3 Å². The van der Waals surface area contributed by atoms with Crippen LogP contribution >= 0.6 is 12.4 Å². The molecule has 0 aliphatic heterocycles. The second kappa shape index (κ2) is 10.7. The van der Waals surface area contributed by atoms with Crippen LogP contribution in [0.15, 0.2) is 48.5 Å². The number of rotatable bonds is 8. The summed E-state index contributed by atoms with van der Waals surface area (Å²) >= 11 is 0. The van der Waals surface area contributed by atoms with Gasteiger partial charge in [-0.05, 0) is 29.2 Å². The van der Waals surface area contributed by atoms with Gasteiger partial charge in [0.2, 0.25) is 0 Å². The third-order valence-corrected chi connectivity index (χ3v) is 3.98. The van der Waals surface area contributed by atoms with E-state index in [0.717, 1.165) is 5.56 Å². The summed E-state index contributed by atoms with van der Waals surface area (Å²) in [7, 11) is 1.56. The average Bonchev–Trinajstić information content (AvgIpc) is 2.64. The third kappa shape index (κ3) is 6.24. The molecule has 26 heavy (non-hydrogen) atoms. The summed E-state index contributed by atoms with van der Waals surface area (Å²) in [6.07, 6.45) is 0. The van der Waals surface area contributed by atoms with Crippen molar-refractivity contribution in [2.45, 2.75) is 25.8 Å². The van der Waals surface area contributed by atoms with E-state index in [0.29, 0.717) is 24.0 Å². The number of nitrogens with two attached hydrogens (primary N) is 1. The number of para-hydroxylation sites is 2. The lowest BCUT2D eigenvalue weighted by Crippen LogP contribution is -2.35. The Morgan fingerprint density at radius 3 is 2.19 bits per heavy atom. The molecule has 0 aliphatic carbocycles. The zero-order valence-electron chi connectivity index (χ0n) is 15.4. The van der Waals surface area contributed by atoms with E-state index in [4.69, 9.17) is 15.2 Å². The van der Waals surface area contributed by atoms with Crippen LogP contribution in [0.1, 0.15) is 36.9 Å². The molecule has 3 N–H and O–H groups in total. The lowest BCUT2D eigenvalue weighted by molar-refractivity contribution is -0.123. The fourth-order valence-electron chi connectivity index (χ4n) is 2.40. The van der Waals surface area contributed by atoms with Gasteiger partial charge < -0.3 is 20.5 Å². The van der Waals surface area contributed by atoms with Gasteiger partial charge in [0, 0.05) is 12.6 Å². The minimum absolute atomic E-state index is 0. The molecule has 2 rings (SSSR count). The summed E-state index contributed by atoms with van der Waals surface area (Å²) in [5, 5.41) is 2.80. The molecule has 0 saturated carbocycles. The Morgan fingerprint density at radius 2 is 1.62 bits per heavy atom. The Bertz CT molecular complexity index is 690. The fourth-order valence-corrected chi connectivity index (χ4v) is 2.40. The van der Waals surface area contributed by atoms with Crippen LogP contribution in [-0.2, 0) is 4.79 Å². The van der Waals surface area contributed by atoms with Gasteiger partial charge in [0.15, 0.2) is 18.1 Å². The minimum Gasteiger partial charge on any atom is -0.493 e. The highest BCUT2D eigenvalue weighted by Crippen LogP contribution is 2.25. The molecule has 1 amide bonds. The summed E-state index contributed by atoms with van der Waals surface area (Å²) in [6, 6.07) is 15.1. The van der Waals surface area contributed by atoms with Crippen LogP contribution in [-0.4, -0.2) is 26.2 Å². The highest BCUT2D eigenvalue weighted by atomic mass is 35.5. The number of benzene rings is 2. The molecule has 0 spiro atoms. The minimum atomic E-state index is -0.253. The predicted octanol–water partition coefficient (Wildman–Crippen LogP) is 3.44. The molecule has 0 bridgehead atoms. The molecule has 0 radical (unpaired) electrons. The molecular weight excluding hydrogens is 352 g/mol. The average molecular weight is 379 g/mol. The molecule has 0 fully saturated rings. The molecule has 2 aromatic carbocycles. The maximum absolute atomic E-state index is 12.0. The van der Waals surface area contributed by atoms with E-state index >= 15 is 0 Å². The van der Waals surface area contributed by atoms with Crippen LogP contribution < -0.4 is 20.5 Å². The molecule has 0 heterocycles. The van der Waals surface area contributed by atoms with Crippen LogP contribution in [0.25, 0.3) is 0 Å². The van der Waals surface area contributed by atoms with Crippen molar-refractivity contribution in [3.63, 3.8) is 0 Å². The van der Waals surface area contributed by atoms with E-state index in [1.807, 2.05) is 24.3 Å². The molecule has 5 nitrogen and oxygen atoms in total. The van der Waals surface area contributed by atoms with Crippen molar-refractivity contribution in [3.05, 3.63) is 59.7 Å². The Morgan fingerprint density at radius 1 is 1.04 bits per heavy atom.